The third-order valence-corrected chi connectivity index (χ3v) is 4.07. The van der Waals surface area contributed by atoms with E-state index < -0.39 is 5.54 Å². The van der Waals surface area contributed by atoms with Gasteiger partial charge < -0.3 is 10.5 Å². The summed E-state index contributed by atoms with van der Waals surface area (Å²) >= 11 is 0. The first-order valence-electron chi connectivity index (χ1n) is 7.62. The smallest absolute Gasteiger partial charge is 0.182 e. The molecule has 3 heteroatoms. The quantitative estimate of drug-likeness (QED) is 0.836. The van der Waals surface area contributed by atoms with E-state index in [1.165, 1.54) is 6.42 Å². The summed E-state index contributed by atoms with van der Waals surface area (Å²) in [6.07, 6.45) is 4.78. The second-order valence-corrected chi connectivity index (χ2v) is 6.06. The molecule has 1 aromatic rings. The molecular weight excluding hydrogens is 250 g/mol. The van der Waals surface area contributed by atoms with Gasteiger partial charge in [0, 0.05) is 5.56 Å². The molecule has 0 radical (unpaired) electrons. The monoisotopic (exact) mass is 275 g/mol. The normalized spacial score (nSPS) is 26.2. The van der Waals surface area contributed by atoms with Crippen molar-refractivity contribution in [2.75, 3.05) is 6.61 Å². The van der Waals surface area contributed by atoms with Crippen molar-refractivity contribution in [2.24, 2.45) is 11.7 Å². The Labute approximate surface area is 121 Å². The molecule has 2 unspecified atom stereocenters. The minimum absolute atomic E-state index is 0.0751. The van der Waals surface area contributed by atoms with Crippen LogP contribution in [0, 0.1) is 5.92 Å². The Morgan fingerprint density at radius 3 is 2.70 bits per heavy atom. The molecule has 0 aliphatic heterocycles. The van der Waals surface area contributed by atoms with Crippen molar-refractivity contribution in [3.8, 4) is 5.75 Å². The lowest BCUT2D eigenvalue weighted by Crippen LogP contribution is -2.51. The fourth-order valence-corrected chi connectivity index (χ4v) is 3.01. The van der Waals surface area contributed by atoms with E-state index >= 15 is 0 Å². The van der Waals surface area contributed by atoms with E-state index in [9.17, 15) is 4.79 Å². The number of ether oxygens (including phenoxy) is 1. The highest BCUT2D eigenvalue weighted by atomic mass is 16.5. The summed E-state index contributed by atoms with van der Waals surface area (Å²) in [5.41, 5.74) is 6.38. The lowest BCUT2D eigenvalue weighted by atomic mass is 9.73. The van der Waals surface area contributed by atoms with Crippen molar-refractivity contribution < 1.29 is 9.53 Å². The number of Topliss-reactive ketones (excluding diaryl/α,β-unsaturated/α-hetero) is 1. The van der Waals surface area contributed by atoms with Crippen LogP contribution in [0.15, 0.2) is 24.3 Å². The van der Waals surface area contributed by atoms with Crippen LogP contribution in [0.1, 0.15) is 56.3 Å². The zero-order chi connectivity index (χ0) is 14.6. The van der Waals surface area contributed by atoms with Crippen LogP contribution in [0.5, 0.6) is 5.75 Å². The topological polar surface area (TPSA) is 52.3 Å². The zero-order valence-electron chi connectivity index (χ0n) is 12.5. The van der Waals surface area contributed by atoms with Gasteiger partial charge in [0.1, 0.15) is 5.75 Å². The number of benzene rings is 1. The number of ketones is 1. The van der Waals surface area contributed by atoms with Gasteiger partial charge in [0.15, 0.2) is 5.78 Å². The molecule has 2 N–H and O–H groups in total. The van der Waals surface area contributed by atoms with Gasteiger partial charge in [-0.1, -0.05) is 26.7 Å². The molecule has 0 heterocycles. The van der Waals surface area contributed by atoms with Gasteiger partial charge >= 0.3 is 0 Å². The van der Waals surface area contributed by atoms with Crippen molar-refractivity contribution in [1.82, 2.24) is 0 Å². The Balaban J connectivity index is 2.08. The lowest BCUT2D eigenvalue weighted by molar-refractivity contribution is 0.0819. The summed E-state index contributed by atoms with van der Waals surface area (Å²) in [4.78, 5) is 12.6. The Morgan fingerprint density at radius 1 is 1.40 bits per heavy atom. The van der Waals surface area contributed by atoms with Gasteiger partial charge in [-0.25, -0.2) is 0 Å². The molecule has 0 spiro atoms. The van der Waals surface area contributed by atoms with E-state index in [4.69, 9.17) is 10.5 Å². The molecule has 1 fully saturated rings. The highest BCUT2D eigenvalue weighted by Gasteiger charge is 2.38. The van der Waals surface area contributed by atoms with Crippen molar-refractivity contribution in [3.05, 3.63) is 29.8 Å². The highest BCUT2D eigenvalue weighted by Crippen LogP contribution is 2.33. The van der Waals surface area contributed by atoms with Crippen LogP contribution >= 0.6 is 0 Å². The highest BCUT2D eigenvalue weighted by molar-refractivity contribution is 6.03. The summed E-state index contributed by atoms with van der Waals surface area (Å²) in [5.74, 6) is 1.42. The molecular formula is C17H25NO2. The summed E-state index contributed by atoms with van der Waals surface area (Å²) < 4.78 is 5.54. The summed E-state index contributed by atoms with van der Waals surface area (Å²) in [7, 11) is 0. The number of nitrogens with two attached hydrogens (primary N) is 1. The van der Waals surface area contributed by atoms with Crippen molar-refractivity contribution in [3.63, 3.8) is 0 Å². The van der Waals surface area contributed by atoms with Crippen LogP contribution < -0.4 is 10.5 Å². The third kappa shape index (κ3) is 3.40. The Kier molecular flexibility index (Phi) is 4.81. The van der Waals surface area contributed by atoms with E-state index in [0.29, 0.717) is 18.1 Å². The van der Waals surface area contributed by atoms with Gasteiger partial charge in [0.2, 0.25) is 0 Å². The van der Waals surface area contributed by atoms with Gasteiger partial charge in [0.05, 0.1) is 12.1 Å². The molecule has 1 aromatic carbocycles. The maximum atomic E-state index is 12.6. The van der Waals surface area contributed by atoms with Crippen LogP contribution in [-0.2, 0) is 0 Å². The van der Waals surface area contributed by atoms with Gasteiger partial charge in [-0.3, -0.25) is 4.79 Å². The van der Waals surface area contributed by atoms with Gasteiger partial charge in [0.25, 0.3) is 0 Å². The summed E-state index contributed by atoms with van der Waals surface area (Å²) in [5, 5.41) is 0. The lowest BCUT2D eigenvalue weighted by Gasteiger charge is -2.35. The zero-order valence-corrected chi connectivity index (χ0v) is 12.5. The first-order valence-corrected chi connectivity index (χ1v) is 7.62. The van der Waals surface area contributed by atoms with Crippen molar-refractivity contribution in [2.45, 2.75) is 51.5 Å². The van der Waals surface area contributed by atoms with E-state index in [1.54, 1.807) is 0 Å². The second kappa shape index (κ2) is 6.40. The largest absolute Gasteiger partial charge is 0.494 e. The molecule has 20 heavy (non-hydrogen) atoms. The van der Waals surface area contributed by atoms with Crippen LogP contribution in [0.4, 0.5) is 0 Å². The molecule has 1 aliphatic rings. The maximum Gasteiger partial charge on any atom is 0.182 e. The van der Waals surface area contributed by atoms with Crippen LogP contribution in [0.25, 0.3) is 0 Å². The fraction of sp³-hybridized carbons (Fsp3) is 0.588. The average molecular weight is 275 g/mol. The summed E-state index contributed by atoms with van der Waals surface area (Å²) in [6, 6.07) is 7.39. The molecule has 1 saturated carbocycles. The summed E-state index contributed by atoms with van der Waals surface area (Å²) in [6.45, 7) is 4.95. The van der Waals surface area contributed by atoms with E-state index in [0.717, 1.165) is 31.4 Å². The molecule has 2 rings (SSSR count). The Bertz CT molecular complexity index is 455. The first kappa shape index (κ1) is 15.0. The number of hydrogen-bond donors (Lipinski definition) is 1. The SMILES string of the molecule is CCCOc1ccc(C(=O)C2(N)CCCC(C)C2)cc1. The third-order valence-electron chi connectivity index (χ3n) is 4.07. The van der Waals surface area contributed by atoms with Gasteiger partial charge in [-0.05, 0) is 49.4 Å². The number of hydrogen-bond acceptors (Lipinski definition) is 3. The molecule has 1 aliphatic carbocycles. The van der Waals surface area contributed by atoms with Crippen LogP contribution in [-0.4, -0.2) is 17.9 Å². The van der Waals surface area contributed by atoms with E-state index in [-0.39, 0.29) is 5.78 Å². The molecule has 0 amide bonds. The second-order valence-electron chi connectivity index (χ2n) is 6.06. The predicted octanol–water partition coefficient (Wildman–Crippen LogP) is 3.57. The number of rotatable bonds is 5. The fourth-order valence-electron chi connectivity index (χ4n) is 3.01. The Morgan fingerprint density at radius 2 is 2.10 bits per heavy atom. The van der Waals surface area contributed by atoms with Crippen molar-refractivity contribution >= 4 is 5.78 Å². The first-order chi connectivity index (χ1) is 9.55. The molecule has 0 bridgehead atoms. The van der Waals surface area contributed by atoms with Gasteiger partial charge in [-0.2, -0.15) is 0 Å². The molecule has 2 atom stereocenters. The minimum atomic E-state index is -0.677. The van der Waals surface area contributed by atoms with Gasteiger partial charge in [-0.15, -0.1) is 0 Å². The molecule has 3 nitrogen and oxygen atoms in total. The molecule has 0 aromatic heterocycles. The van der Waals surface area contributed by atoms with Crippen LogP contribution in [0.3, 0.4) is 0 Å². The van der Waals surface area contributed by atoms with E-state index in [1.807, 2.05) is 24.3 Å². The standard InChI is InChI=1S/C17H25NO2/c1-3-11-20-15-8-6-14(7-9-15)16(19)17(18)10-4-5-13(2)12-17/h6-9,13H,3-5,10-12,18H2,1-2H3. The van der Waals surface area contributed by atoms with Crippen molar-refractivity contribution in [1.29, 1.82) is 0 Å². The Hall–Kier alpha value is -1.35. The number of carbonyl (C=O) groups is 1. The predicted molar refractivity (Wildman–Crippen MR) is 81.1 cm³/mol. The number of carbonyl (C=O) groups excluding carboxylic acids is 1. The van der Waals surface area contributed by atoms with Crippen LogP contribution in [0.2, 0.25) is 0 Å². The minimum Gasteiger partial charge on any atom is -0.494 e. The molecule has 110 valence electrons. The molecule has 0 saturated heterocycles. The average Bonchev–Trinajstić information content (AvgIpc) is 2.44. The maximum absolute atomic E-state index is 12.6. The van der Waals surface area contributed by atoms with E-state index in [2.05, 4.69) is 13.8 Å².